The molecule has 0 unspecified atom stereocenters. The molecule has 138 valence electrons. The fourth-order valence-corrected chi connectivity index (χ4v) is 4.38. The Morgan fingerprint density at radius 3 is 1.62 bits per heavy atom. The summed E-state index contributed by atoms with van der Waals surface area (Å²) in [5, 5.41) is 6.96. The topological polar surface area (TPSA) is 41.1 Å². The molecule has 2 aliphatic carbocycles. The van der Waals surface area contributed by atoms with Crippen LogP contribution in [0.5, 0.6) is 0 Å². The molecular formula is C20H36N2OS. The quantitative estimate of drug-likeness (QED) is 0.669. The van der Waals surface area contributed by atoms with Gasteiger partial charge in [0, 0.05) is 12.0 Å². The Morgan fingerprint density at radius 1 is 0.667 bits per heavy atom. The molecular weight excluding hydrogens is 316 g/mol. The molecule has 0 atom stereocenters. The third kappa shape index (κ3) is 7.96. The van der Waals surface area contributed by atoms with Crippen LogP contribution >= 0.6 is 12.2 Å². The first-order chi connectivity index (χ1) is 11.8. The number of carbonyl (C=O) groups excluding carboxylic acids is 1. The molecule has 0 bridgehead atoms. The van der Waals surface area contributed by atoms with Gasteiger partial charge in [-0.2, -0.15) is 0 Å². The van der Waals surface area contributed by atoms with E-state index in [0.29, 0.717) is 11.2 Å². The molecule has 24 heavy (non-hydrogen) atoms. The summed E-state index contributed by atoms with van der Waals surface area (Å²) in [5.41, 5.74) is 0. The van der Waals surface area contributed by atoms with Crippen molar-refractivity contribution in [3.05, 3.63) is 0 Å². The van der Waals surface area contributed by atoms with E-state index in [4.69, 9.17) is 12.2 Å². The van der Waals surface area contributed by atoms with Crippen molar-refractivity contribution in [3.8, 4) is 0 Å². The van der Waals surface area contributed by atoms with E-state index < -0.39 is 0 Å². The maximum absolute atomic E-state index is 12.3. The van der Waals surface area contributed by atoms with Crippen LogP contribution < -0.4 is 10.6 Å². The number of nitrogens with one attached hydrogen (secondary N) is 2. The van der Waals surface area contributed by atoms with Gasteiger partial charge in [0.25, 0.3) is 0 Å². The number of hydrogen-bond donors (Lipinski definition) is 2. The van der Waals surface area contributed by atoms with Gasteiger partial charge in [0.2, 0.25) is 5.91 Å². The molecule has 0 aromatic rings. The zero-order valence-electron chi connectivity index (χ0n) is 15.3. The molecule has 0 radical (unpaired) electrons. The van der Waals surface area contributed by atoms with Crippen LogP contribution in [0, 0.1) is 5.92 Å². The first-order valence-electron chi connectivity index (χ1n) is 10.4. The Hall–Kier alpha value is -0.640. The van der Waals surface area contributed by atoms with Gasteiger partial charge in [0.1, 0.15) is 0 Å². The van der Waals surface area contributed by atoms with Crippen molar-refractivity contribution < 1.29 is 4.79 Å². The van der Waals surface area contributed by atoms with E-state index in [1.165, 1.54) is 89.9 Å². The summed E-state index contributed by atoms with van der Waals surface area (Å²) < 4.78 is 0. The zero-order chi connectivity index (χ0) is 17.0. The third-order valence-corrected chi connectivity index (χ3v) is 5.87. The molecule has 2 rings (SSSR count). The molecule has 2 saturated carbocycles. The van der Waals surface area contributed by atoms with Crippen molar-refractivity contribution in [2.75, 3.05) is 0 Å². The van der Waals surface area contributed by atoms with Crippen LogP contribution in [-0.2, 0) is 4.79 Å². The monoisotopic (exact) mass is 352 g/mol. The molecule has 0 spiro atoms. The fraction of sp³-hybridized carbons (Fsp3) is 0.900. The van der Waals surface area contributed by atoms with Crippen LogP contribution in [0.1, 0.15) is 103 Å². The highest BCUT2D eigenvalue weighted by Crippen LogP contribution is 2.23. The molecule has 1 amide bonds. The Balaban J connectivity index is 1.72. The molecule has 0 aromatic heterocycles. The van der Waals surface area contributed by atoms with Crippen molar-refractivity contribution >= 4 is 23.2 Å². The lowest BCUT2D eigenvalue weighted by Crippen LogP contribution is -2.46. The van der Waals surface area contributed by atoms with Gasteiger partial charge < -0.3 is 10.6 Å². The van der Waals surface area contributed by atoms with Gasteiger partial charge in [0.05, 0.1) is 0 Å². The molecule has 2 N–H and O–H groups in total. The fourth-order valence-electron chi connectivity index (χ4n) is 4.11. The number of carbonyl (C=O) groups is 1. The van der Waals surface area contributed by atoms with Gasteiger partial charge in [-0.1, -0.05) is 77.0 Å². The first kappa shape index (κ1) is 19.7. The Bertz CT molecular complexity index is 368. The average molecular weight is 353 g/mol. The van der Waals surface area contributed by atoms with E-state index in [1.807, 2.05) is 0 Å². The summed E-state index contributed by atoms with van der Waals surface area (Å²) in [6.07, 6.45) is 20.2. The predicted molar refractivity (Wildman–Crippen MR) is 105 cm³/mol. The van der Waals surface area contributed by atoms with Crippen molar-refractivity contribution in [1.82, 2.24) is 10.6 Å². The Labute approximate surface area is 153 Å². The maximum Gasteiger partial charge on any atom is 0.229 e. The highest BCUT2D eigenvalue weighted by atomic mass is 32.1. The molecule has 0 aliphatic heterocycles. The van der Waals surface area contributed by atoms with E-state index in [9.17, 15) is 4.79 Å². The maximum atomic E-state index is 12.3. The van der Waals surface area contributed by atoms with E-state index in [2.05, 4.69) is 10.6 Å². The molecule has 4 heteroatoms. The lowest BCUT2D eigenvalue weighted by Gasteiger charge is -2.24. The van der Waals surface area contributed by atoms with E-state index in [1.54, 1.807) is 0 Å². The van der Waals surface area contributed by atoms with Crippen LogP contribution in [-0.4, -0.2) is 17.1 Å². The van der Waals surface area contributed by atoms with Gasteiger partial charge in [0.15, 0.2) is 5.11 Å². The van der Waals surface area contributed by atoms with E-state index in [0.717, 1.165) is 12.8 Å². The second-order valence-electron chi connectivity index (χ2n) is 7.75. The summed E-state index contributed by atoms with van der Waals surface area (Å²) in [6.45, 7) is 0. The van der Waals surface area contributed by atoms with Crippen LogP contribution in [0.15, 0.2) is 0 Å². The summed E-state index contributed by atoms with van der Waals surface area (Å²) in [5.74, 6) is 0.315. The second-order valence-corrected chi connectivity index (χ2v) is 8.16. The molecule has 2 fully saturated rings. The van der Waals surface area contributed by atoms with Crippen molar-refractivity contribution in [1.29, 1.82) is 0 Å². The summed E-state index contributed by atoms with van der Waals surface area (Å²) in [6, 6.07) is 0.434. The zero-order valence-corrected chi connectivity index (χ0v) is 16.1. The van der Waals surface area contributed by atoms with Gasteiger partial charge in [-0.15, -0.1) is 0 Å². The van der Waals surface area contributed by atoms with Gasteiger partial charge in [-0.3, -0.25) is 4.79 Å². The molecule has 2 aliphatic rings. The van der Waals surface area contributed by atoms with Gasteiger partial charge in [-0.05, 0) is 37.9 Å². The van der Waals surface area contributed by atoms with Crippen LogP contribution in [0.25, 0.3) is 0 Å². The number of rotatable bonds is 2. The molecule has 3 nitrogen and oxygen atoms in total. The van der Waals surface area contributed by atoms with Crippen LogP contribution in [0.4, 0.5) is 0 Å². The summed E-state index contributed by atoms with van der Waals surface area (Å²) in [7, 11) is 0. The molecule has 0 heterocycles. The highest BCUT2D eigenvalue weighted by Gasteiger charge is 2.22. The van der Waals surface area contributed by atoms with Crippen molar-refractivity contribution in [2.24, 2.45) is 5.92 Å². The standard InChI is InChI=1S/C20H36N2OS/c23-19(17-13-9-8-10-14-17)22-20(24)21-18-15-11-6-4-2-1-3-5-7-12-16-18/h17-18H,1-16H2,(H2,21,22,23,24). The minimum atomic E-state index is 0.139. The predicted octanol–water partition coefficient (Wildman–Crippen LogP) is 5.23. The summed E-state index contributed by atoms with van der Waals surface area (Å²) in [4.78, 5) is 12.3. The normalized spacial score (nSPS) is 22.8. The molecule has 0 aromatic carbocycles. The van der Waals surface area contributed by atoms with Gasteiger partial charge >= 0.3 is 0 Å². The minimum absolute atomic E-state index is 0.139. The van der Waals surface area contributed by atoms with Crippen molar-refractivity contribution in [2.45, 2.75) is 109 Å². The largest absolute Gasteiger partial charge is 0.360 e. The van der Waals surface area contributed by atoms with Crippen LogP contribution in [0.3, 0.4) is 0 Å². The molecule has 0 saturated heterocycles. The lowest BCUT2D eigenvalue weighted by molar-refractivity contribution is -0.124. The minimum Gasteiger partial charge on any atom is -0.360 e. The second kappa shape index (κ2) is 11.8. The SMILES string of the molecule is O=C(NC(=S)NC1CCCCCCCCCCC1)C1CCCCC1. The van der Waals surface area contributed by atoms with Gasteiger partial charge in [-0.25, -0.2) is 0 Å². The smallest absolute Gasteiger partial charge is 0.229 e. The Kier molecular flexibility index (Phi) is 9.71. The number of amides is 1. The lowest BCUT2D eigenvalue weighted by atomic mass is 9.89. The Morgan fingerprint density at radius 2 is 1.08 bits per heavy atom. The highest BCUT2D eigenvalue weighted by molar-refractivity contribution is 7.80. The summed E-state index contributed by atoms with van der Waals surface area (Å²) >= 11 is 5.42. The average Bonchev–Trinajstić information content (AvgIpc) is 2.58. The van der Waals surface area contributed by atoms with E-state index in [-0.39, 0.29) is 11.8 Å². The van der Waals surface area contributed by atoms with Crippen molar-refractivity contribution in [3.63, 3.8) is 0 Å². The van der Waals surface area contributed by atoms with E-state index >= 15 is 0 Å². The van der Waals surface area contributed by atoms with Crippen LogP contribution in [0.2, 0.25) is 0 Å². The third-order valence-electron chi connectivity index (χ3n) is 5.65. The number of hydrogen-bond acceptors (Lipinski definition) is 2. The number of thiocarbonyl (C=S) groups is 1. The first-order valence-corrected chi connectivity index (χ1v) is 10.8.